The number of aliphatic hydroxyl groups is 9. The van der Waals surface area contributed by atoms with Crippen molar-refractivity contribution in [1.82, 2.24) is 0 Å². The van der Waals surface area contributed by atoms with Gasteiger partial charge < -0.3 is 79.1 Å². The highest BCUT2D eigenvalue weighted by atomic mass is 16.7. The maximum absolute atomic E-state index is 11.2. The topological polar surface area (TPSA) is 247 Å². The molecular formula is C29H54O16. The Labute approximate surface area is 263 Å². The van der Waals surface area contributed by atoms with Gasteiger partial charge in [-0.3, -0.25) is 0 Å². The Morgan fingerprint density at radius 3 is 1.71 bits per heavy atom. The normalized spacial score (nSPS) is 42.6. The van der Waals surface area contributed by atoms with E-state index < -0.39 is 105 Å². The van der Waals surface area contributed by atoms with Gasteiger partial charge in [0.1, 0.15) is 73.2 Å². The van der Waals surface area contributed by atoms with Crippen molar-refractivity contribution in [2.45, 2.75) is 151 Å². The average molecular weight is 659 g/mol. The first-order chi connectivity index (χ1) is 21.5. The van der Waals surface area contributed by atoms with Crippen molar-refractivity contribution in [2.24, 2.45) is 0 Å². The summed E-state index contributed by atoms with van der Waals surface area (Å²) in [5.74, 6) is 0. The lowest BCUT2D eigenvalue weighted by molar-refractivity contribution is -0.366. The summed E-state index contributed by atoms with van der Waals surface area (Å²) in [5.41, 5.74) is 0. The van der Waals surface area contributed by atoms with E-state index in [-0.39, 0.29) is 13.2 Å². The summed E-state index contributed by atoms with van der Waals surface area (Å²) in [6.45, 7) is 3.31. The smallest absolute Gasteiger partial charge is 0.187 e. The van der Waals surface area contributed by atoms with Crippen molar-refractivity contribution in [3.63, 3.8) is 0 Å². The minimum atomic E-state index is -1.75. The van der Waals surface area contributed by atoms with E-state index in [2.05, 4.69) is 6.92 Å². The molecule has 3 aliphatic heterocycles. The highest BCUT2D eigenvalue weighted by molar-refractivity contribution is 4.95. The number of aliphatic hydroxyl groups excluding tert-OH is 9. The molecule has 0 aromatic carbocycles. The average Bonchev–Trinajstić information content (AvgIpc) is 3.03. The van der Waals surface area contributed by atoms with Gasteiger partial charge in [-0.05, 0) is 12.8 Å². The molecule has 3 heterocycles. The minimum Gasteiger partial charge on any atom is -0.394 e. The molecule has 0 saturated carbocycles. The second-order valence-electron chi connectivity index (χ2n) is 11.9. The third-order valence-corrected chi connectivity index (χ3v) is 8.29. The second-order valence-corrected chi connectivity index (χ2v) is 11.9. The predicted octanol–water partition coefficient (Wildman–Crippen LogP) is -2.75. The van der Waals surface area contributed by atoms with Gasteiger partial charge in [0, 0.05) is 13.2 Å². The monoisotopic (exact) mass is 658 g/mol. The van der Waals surface area contributed by atoms with Crippen LogP contribution in [0.4, 0.5) is 0 Å². The molecule has 0 unspecified atom stereocenters. The largest absolute Gasteiger partial charge is 0.394 e. The molecule has 0 spiro atoms. The Balaban J connectivity index is 1.71. The molecule has 0 radical (unpaired) electrons. The zero-order valence-corrected chi connectivity index (χ0v) is 26.0. The van der Waals surface area contributed by atoms with E-state index in [1.54, 1.807) is 0 Å². The van der Waals surface area contributed by atoms with Crippen LogP contribution in [0.15, 0.2) is 0 Å². The molecule has 266 valence electrons. The number of rotatable bonds is 18. The molecule has 16 heteroatoms. The van der Waals surface area contributed by atoms with Crippen LogP contribution >= 0.6 is 0 Å². The van der Waals surface area contributed by atoms with Gasteiger partial charge in [0.25, 0.3) is 0 Å². The second kappa shape index (κ2) is 19.4. The van der Waals surface area contributed by atoms with E-state index >= 15 is 0 Å². The van der Waals surface area contributed by atoms with Crippen LogP contribution in [0.2, 0.25) is 0 Å². The van der Waals surface area contributed by atoms with Gasteiger partial charge >= 0.3 is 0 Å². The van der Waals surface area contributed by atoms with Gasteiger partial charge in [-0.25, -0.2) is 0 Å². The van der Waals surface area contributed by atoms with Crippen molar-refractivity contribution >= 4 is 0 Å². The molecule has 0 amide bonds. The van der Waals surface area contributed by atoms with E-state index in [4.69, 9.17) is 33.2 Å². The van der Waals surface area contributed by atoms with E-state index in [1.807, 2.05) is 6.92 Å². The first-order valence-corrected chi connectivity index (χ1v) is 16.0. The molecule has 0 aromatic rings. The fourth-order valence-corrected chi connectivity index (χ4v) is 5.48. The fraction of sp³-hybridized carbons (Fsp3) is 1.00. The van der Waals surface area contributed by atoms with Crippen LogP contribution in [-0.4, -0.2) is 171 Å². The van der Waals surface area contributed by atoms with Crippen LogP contribution in [0.25, 0.3) is 0 Å². The highest BCUT2D eigenvalue weighted by Gasteiger charge is 2.52. The van der Waals surface area contributed by atoms with Crippen molar-refractivity contribution < 1.29 is 79.1 Å². The van der Waals surface area contributed by atoms with Crippen molar-refractivity contribution in [3.05, 3.63) is 0 Å². The molecule has 45 heavy (non-hydrogen) atoms. The summed E-state index contributed by atoms with van der Waals surface area (Å²) < 4.78 is 39.5. The molecule has 0 bridgehead atoms. The summed E-state index contributed by atoms with van der Waals surface area (Å²) in [4.78, 5) is 0. The lowest BCUT2D eigenvalue weighted by atomic mass is 9.96. The van der Waals surface area contributed by atoms with Crippen molar-refractivity contribution in [1.29, 1.82) is 0 Å². The zero-order chi connectivity index (χ0) is 33.1. The van der Waals surface area contributed by atoms with Crippen LogP contribution in [0.3, 0.4) is 0 Å². The van der Waals surface area contributed by atoms with Gasteiger partial charge in [-0.2, -0.15) is 0 Å². The molecule has 3 aliphatic rings. The standard InChI is InChI=1S/C29H54O16/c1-3-5-6-7-8-9-11-40-28-25(38)26(45-29-24(37)22(35)19(32)16(44-29)13-39-10-4-2)20(33)17(43-28)14-41-27-23(36)21(34)18(31)15(12-30)42-27/h15-38H,3-14H2,1-2H3/t15-,16-,17-,18-,19-,20-,21+,22+,23+,24+,25+,26+,27+,28-,29-/m1/s1. The third kappa shape index (κ3) is 10.4. The summed E-state index contributed by atoms with van der Waals surface area (Å²) in [5, 5.41) is 93.8. The Bertz CT molecular complexity index is 808. The summed E-state index contributed by atoms with van der Waals surface area (Å²) in [6.07, 6.45) is -16.1. The first-order valence-electron chi connectivity index (χ1n) is 16.0. The van der Waals surface area contributed by atoms with Crippen molar-refractivity contribution in [2.75, 3.05) is 33.0 Å². The van der Waals surface area contributed by atoms with E-state index in [9.17, 15) is 46.0 Å². The van der Waals surface area contributed by atoms with Gasteiger partial charge in [-0.15, -0.1) is 0 Å². The molecule has 15 atom stereocenters. The molecule has 0 aliphatic carbocycles. The van der Waals surface area contributed by atoms with Crippen LogP contribution in [0.1, 0.15) is 58.8 Å². The van der Waals surface area contributed by atoms with Gasteiger partial charge in [0.05, 0.1) is 19.8 Å². The quantitative estimate of drug-likeness (QED) is 0.0677. The minimum absolute atomic E-state index is 0.114. The number of hydrogen-bond donors (Lipinski definition) is 9. The number of hydrogen-bond acceptors (Lipinski definition) is 16. The van der Waals surface area contributed by atoms with Crippen LogP contribution in [0, 0.1) is 0 Å². The molecule has 3 saturated heterocycles. The first kappa shape index (κ1) is 38.8. The van der Waals surface area contributed by atoms with Crippen molar-refractivity contribution in [3.8, 4) is 0 Å². The Morgan fingerprint density at radius 2 is 1.04 bits per heavy atom. The zero-order valence-electron chi connectivity index (χ0n) is 26.0. The van der Waals surface area contributed by atoms with Crippen LogP contribution in [-0.2, 0) is 33.2 Å². The maximum Gasteiger partial charge on any atom is 0.187 e. The van der Waals surface area contributed by atoms with Crippen LogP contribution in [0.5, 0.6) is 0 Å². The van der Waals surface area contributed by atoms with E-state index in [1.165, 1.54) is 0 Å². The summed E-state index contributed by atoms with van der Waals surface area (Å²) in [6, 6.07) is 0. The maximum atomic E-state index is 11.2. The van der Waals surface area contributed by atoms with Crippen LogP contribution < -0.4 is 0 Å². The lowest BCUT2D eigenvalue weighted by Crippen LogP contribution is -2.65. The summed E-state index contributed by atoms with van der Waals surface area (Å²) in [7, 11) is 0. The molecule has 9 N–H and O–H groups in total. The Kier molecular flexibility index (Phi) is 16.7. The predicted molar refractivity (Wildman–Crippen MR) is 152 cm³/mol. The Hall–Kier alpha value is -0.640. The Morgan fingerprint density at radius 1 is 0.489 bits per heavy atom. The number of unbranched alkanes of at least 4 members (excludes halogenated alkanes) is 5. The SMILES string of the molecule is CCCCCCCCO[C@@H]1O[C@H](CO[C@H]2O[C@H](CO)[C@@H](O)[C@H](O)[C@@H]2O)[C@@H](O)[C@H](O[C@H]2O[C@H](COCCC)[C@@H](O)[C@H](O)[C@@H]2O)[C@@H]1O. The van der Waals surface area contributed by atoms with E-state index in [0.29, 0.717) is 19.4 Å². The third-order valence-electron chi connectivity index (χ3n) is 8.29. The van der Waals surface area contributed by atoms with E-state index in [0.717, 1.165) is 32.1 Å². The summed E-state index contributed by atoms with van der Waals surface area (Å²) >= 11 is 0. The van der Waals surface area contributed by atoms with Gasteiger partial charge in [-0.1, -0.05) is 46.0 Å². The highest BCUT2D eigenvalue weighted by Crippen LogP contribution is 2.31. The van der Waals surface area contributed by atoms with Gasteiger partial charge in [0.2, 0.25) is 0 Å². The van der Waals surface area contributed by atoms with Gasteiger partial charge in [0.15, 0.2) is 18.9 Å². The molecule has 16 nitrogen and oxygen atoms in total. The number of ether oxygens (including phenoxy) is 7. The molecular weight excluding hydrogens is 604 g/mol. The fourth-order valence-electron chi connectivity index (χ4n) is 5.48. The lowest BCUT2D eigenvalue weighted by Gasteiger charge is -2.46. The molecule has 0 aromatic heterocycles. The molecule has 3 fully saturated rings. The molecule has 3 rings (SSSR count).